The minimum Gasteiger partial charge on any atom is -0.497 e. The Morgan fingerprint density at radius 3 is 1.84 bits per heavy atom. The number of carbonyl (C=O) groups excluding carboxylic acids is 2. The molecule has 7 heteroatoms. The van der Waals surface area contributed by atoms with Gasteiger partial charge in [-0.15, -0.1) is 10.2 Å². The van der Waals surface area contributed by atoms with Crippen molar-refractivity contribution in [2.45, 2.75) is 6.42 Å². The van der Waals surface area contributed by atoms with E-state index in [9.17, 15) is 19.5 Å². The predicted octanol–water partition coefficient (Wildman–Crippen LogP) is 4.08. The topological polar surface area (TPSA) is 105 Å². The van der Waals surface area contributed by atoms with E-state index in [4.69, 9.17) is 4.74 Å². The molecular weight excluding hydrogens is 408 g/mol. The first kappa shape index (κ1) is 22.3. The lowest BCUT2D eigenvalue weighted by Crippen LogP contribution is -2.19. The molecule has 0 heterocycles. The Hall–Kier alpha value is -4.39. The van der Waals surface area contributed by atoms with Crippen molar-refractivity contribution in [3.63, 3.8) is 0 Å². The monoisotopic (exact) mass is 428 g/mol. The summed E-state index contributed by atoms with van der Waals surface area (Å²) in [4.78, 5) is 37.2. The summed E-state index contributed by atoms with van der Waals surface area (Å²) in [7, 11) is 1.51. The van der Waals surface area contributed by atoms with Crippen LogP contribution in [0.2, 0.25) is 0 Å². The maximum Gasteiger partial charge on any atom is 0.352 e. The van der Waals surface area contributed by atoms with Gasteiger partial charge in [0, 0.05) is 16.7 Å². The van der Waals surface area contributed by atoms with E-state index in [2.05, 4.69) is 10.2 Å². The first-order valence-corrected chi connectivity index (χ1v) is 9.70. The number of ketones is 2. The molecule has 7 nitrogen and oxygen atoms in total. The molecule has 0 aromatic heterocycles. The predicted molar refractivity (Wildman–Crippen MR) is 121 cm³/mol. The number of ether oxygens (including phenoxy) is 1. The Balaban J connectivity index is 1.94. The number of hydrogen-bond acceptors (Lipinski definition) is 6. The van der Waals surface area contributed by atoms with Gasteiger partial charge in [0.2, 0.25) is 5.78 Å². The number of carbonyl (C=O) groups is 3. The van der Waals surface area contributed by atoms with Gasteiger partial charge in [-0.3, -0.25) is 9.59 Å². The molecule has 32 heavy (non-hydrogen) atoms. The number of rotatable bonds is 9. The van der Waals surface area contributed by atoms with Gasteiger partial charge >= 0.3 is 5.97 Å². The molecule has 0 unspecified atom stereocenters. The van der Waals surface area contributed by atoms with E-state index in [0.717, 1.165) is 0 Å². The molecule has 0 atom stereocenters. The average Bonchev–Trinajstić information content (AvgIpc) is 2.84. The lowest BCUT2D eigenvalue weighted by molar-refractivity contribution is -0.129. The van der Waals surface area contributed by atoms with Gasteiger partial charge in [0.1, 0.15) is 11.5 Å². The highest BCUT2D eigenvalue weighted by Crippen LogP contribution is 2.14. The van der Waals surface area contributed by atoms with Gasteiger partial charge in [0.25, 0.3) is 0 Å². The van der Waals surface area contributed by atoms with Crippen LogP contribution in [-0.2, 0) is 4.79 Å². The van der Waals surface area contributed by atoms with Crippen LogP contribution in [0.5, 0.6) is 5.75 Å². The zero-order valence-electron chi connectivity index (χ0n) is 17.3. The molecule has 3 aromatic rings. The molecule has 1 N–H and O–H groups in total. The van der Waals surface area contributed by atoms with E-state index in [1.54, 1.807) is 72.8 Å². The van der Waals surface area contributed by atoms with E-state index in [1.165, 1.54) is 19.2 Å². The first-order chi connectivity index (χ1) is 15.5. The number of methoxy groups -OCH3 is 1. The van der Waals surface area contributed by atoms with Crippen LogP contribution in [0, 0.1) is 0 Å². The summed E-state index contributed by atoms with van der Waals surface area (Å²) in [6, 6.07) is 23.4. The summed E-state index contributed by atoms with van der Waals surface area (Å²) >= 11 is 0. The Bertz CT molecular complexity index is 1170. The van der Waals surface area contributed by atoms with Gasteiger partial charge in [-0.05, 0) is 24.3 Å². The van der Waals surface area contributed by atoms with Gasteiger partial charge in [-0.1, -0.05) is 60.7 Å². The second-order valence-electron chi connectivity index (χ2n) is 6.69. The van der Waals surface area contributed by atoms with Crippen LogP contribution in [0.3, 0.4) is 0 Å². The molecule has 160 valence electrons. The summed E-state index contributed by atoms with van der Waals surface area (Å²) in [6.07, 6.45) is -0.479. The molecule has 0 saturated carbocycles. The lowest BCUT2D eigenvalue weighted by Gasteiger charge is -2.06. The molecule has 3 aromatic carbocycles. The van der Waals surface area contributed by atoms with Crippen LogP contribution in [0.4, 0.5) is 0 Å². The third kappa shape index (κ3) is 5.60. The number of aliphatic carboxylic acids is 1. The van der Waals surface area contributed by atoms with E-state index in [-0.39, 0.29) is 5.71 Å². The maximum atomic E-state index is 13.0. The summed E-state index contributed by atoms with van der Waals surface area (Å²) in [5, 5.41) is 17.3. The third-order valence-corrected chi connectivity index (χ3v) is 4.56. The van der Waals surface area contributed by atoms with E-state index in [1.807, 2.05) is 0 Å². The van der Waals surface area contributed by atoms with Crippen molar-refractivity contribution >= 4 is 29.0 Å². The maximum absolute atomic E-state index is 13.0. The number of nitrogens with zero attached hydrogens (tertiary/aromatic N) is 2. The highest BCUT2D eigenvalue weighted by Gasteiger charge is 2.19. The van der Waals surface area contributed by atoms with Gasteiger partial charge < -0.3 is 9.84 Å². The van der Waals surface area contributed by atoms with Gasteiger partial charge in [0.15, 0.2) is 11.5 Å². The molecular formula is C25H20N2O5. The Morgan fingerprint density at radius 1 is 0.750 bits per heavy atom. The van der Waals surface area contributed by atoms with Crippen molar-refractivity contribution in [3.05, 3.63) is 102 Å². The number of Topliss-reactive ketones (excluding diaryl/α,β-unsaturated/α-hetero) is 2. The second-order valence-corrected chi connectivity index (χ2v) is 6.69. The molecule has 3 rings (SSSR count). The summed E-state index contributed by atoms with van der Waals surface area (Å²) in [5.74, 6) is -1.67. The van der Waals surface area contributed by atoms with Gasteiger partial charge in [-0.2, -0.15) is 0 Å². The largest absolute Gasteiger partial charge is 0.497 e. The Morgan fingerprint density at radius 2 is 1.31 bits per heavy atom. The smallest absolute Gasteiger partial charge is 0.352 e. The van der Waals surface area contributed by atoms with Crippen molar-refractivity contribution < 1.29 is 24.2 Å². The molecule has 0 aliphatic rings. The van der Waals surface area contributed by atoms with Crippen LogP contribution in [0.15, 0.2) is 95.1 Å². The van der Waals surface area contributed by atoms with Crippen molar-refractivity contribution in [2.75, 3.05) is 7.11 Å². The second kappa shape index (κ2) is 10.6. The van der Waals surface area contributed by atoms with Crippen molar-refractivity contribution in [1.29, 1.82) is 0 Å². The summed E-state index contributed by atoms with van der Waals surface area (Å²) in [6.45, 7) is 0. The highest BCUT2D eigenvalue weighted by molar-refractivity contribution is 6.51. The van der Waals surface area contributed by atoms with Gasteiger partial charge in [-0.25, -0.2) is 4.79 Å². The third-order valence-electron chi connectivity index (χ3n) is 4.56. The molecule has 0 aliphatic heterocycles. The SMILES string of the molecule is COc1ccc(C(=O)C/C(=N/N=C(/C(=O)c2ccccc2)c2ccccc2)C(=O)O)cc1. The summed E-state index contributed by atoms with van der Waals surface area (Å²) < 4.78 is 5.06. The number of carboxylic acids is 1. The average molecular weight is 428 g/mol. The van der Waals surface area contributed by atoms with Crippen molar-refractivity contribution in [3.8, 4) is 5.75 Å². The van der Waals surface area contributed by atoms with Crippen LogP contribution < -0.4 is 4.74 Å². The van der Waals surface area contributed by atoms with Crippen LogP contribution >= 0.6 is 0 Å². The van der Waals surface area contributed by atoms with E-state index >= 15 is 0 Å². The molecule has 0 radical (unpaired) electrons. The molecule has 0 amide bonds. The van der Waals surface area contributed by atoms with Gasteiger partial charge in [0.05, 0.1) is 13.5 Å². The standard InChI is InChI=1S/C25H20N2O5/c1-32-20-14-12-17(13-15-20)22(28)16-21(25(30)31)26-27-23(18-8-4-2-5-9-18)24(29)19-10-6-3-7-11-19/h2-15H,16H2,1H3,(H,30,31)/b26-21-,27-23+. The minimum absolute atomic E-state index is 0.0209. The Labute approximate surface area is 184 Å². The first-order valence-electron chi connectivity index (χ1n) is 9.70. The van der Waals surface area contributed by atoms with Crippen LogP contribution in [0.25, 0.3) is 0 Å². The molecule has 0 saturated heterocycles. The highest BCUT2D eigenvalue weighted by atomic mass is 16.5. The molecule has 0 spiro atoms. The fourth-order valence-corrected chi connectivity index (χ4v) is 2.85. The number of benzene rings is 3. The zero-order chi connectivity index (χ0) is 22.9. The fourth-order valence-electron chi connectivity index (χ4n) is 2.85. The molecule has 0 bridgehead atoms. The molecule has 0 aliphatic carbocycles. The summed E-state index contributed by atoms with van der Waals surface area (Å²) in [5.41, 5.74) is 0.688. The fraction of sp³-hybridized carbons (Fsp3) is 0.0800. The Kier molecular flexibility index (Phi) is 7.37. The lowest BCUT2D eigenvalue weighted by atomic mass is 10.0. The minimum atomic E-state index is -1.39. The van der Waals surface area contributed by atoms with Crippen molar-refractivity contribution in [1.82, 2.24) is 0 Å². The van der Waals surface area contributed by atoms with Crippen LogP contribution in [-0.4, -0.2) is 41.2 Å². The normalized spacial score (nSPS) is 11.7. The molecule has 0 fully saturated rings. The van der Waals surface area contributed by atoms with Crippen molar-refractivity contribution in [2.24, 2.45) is 10.2 Å². The number of hydrogen-bond donors (Lipinski definition) is 1. The number of carboxylic acid groups (broad SMARTS) is 1. The van der Waals surface area contributed by atoms with Crippen LogP contribution in [0.1, 0.15) is 32.7 Å². The quantitative estimate of drug-likeness (QED) is 0.314. The zero-order valence-corrected chi connectivity index (χ0v) is 17.3. The van der Waals surface area contributed by atoms with E-state index in [0.29, 0.717) is 22.4 Å². The van der Waals surface area contributed by atoms with E-state index < -0.39 is 29.7 Å².